The zero-order chi connectivity index (χ0) is 14.0. The van der Waals surface area contributed by atoms with Crippen molar-refractivity contribution in [1.29, 1.82) is 5.26 Å². The van der Waals surface area contributed by atoms with Gasteiger partial charge >= 0.3 is 12.4 Å². The molecule has 0 spiro atoms. The standard InChI is InChI=1S/C10H5F6NO/c11-9(12,13)8(10(14,15)16)18-7-3-1-2-6(4-7)5-17/h1-4,8H. The number of benzene rings is 1. The van der Waals surface area contributed by atoms with Gasteiger partial charge in [0.2, 0.25) is 0 Å². The third-order valence-electron chi connectivity index (χ3n) is 1.81. The lowest BCUT2D eigenvalue weighted by Gasteiger charge is -2.23. The van der Waals surface area contributed by atoms with Crippen LogP contribution in [-0.2, 0) is 0 Å². The smallest absolute Gasteiger partial charge is 0.434 e. The minimum Gasteiger partial charge on any atom is -0.471 e. The molecule has 8 heteroatoms. The van der Waals surface area contributed by atoms with Crippen molar-refractivity contribution in [2.75, 3.05) is 0 Å². The van der Waals surface area contributed by atoms with Gasteiger partial charge in [-0.25, -0.2) is 0 Å². The highest BCUT2D eigenvalue weighted by atomic mass is 19.4. The van der Waals surface area contributed by atoms with Gasteiger partial charge in [0.15, 0.2) is 0 Å². The number of hydrogen-bond acceptors (Lipinski definition) is 2. The highest BCUT2D eigenvalue weighted by Crippen LogP contribution is 2.36. The molecule has 0 atom stereocenters. The minimum absolute atomic E-state index is 0.101. The predicted molar refractivity (Wildman–Crippen MR) is 47.7 cm³/mol. The second-order valence-corrected chi connectivity index (χ2v) is 3.22. The van der Waals surface area contributed by atoms with Crippen LogP contribution in [0.5, 0.6) is 5.75 Å². The lowest BCUT2D eigenvalue weighted by molar-refractivity contribution is -0.299. The van der Waals surface area contributed by atoms with Crippen LogP contribution in [0, 0.1) is 11.3 Å². The van der Waals surface area contributed by atoms with Crippen LogP contribution in [0.4, 0.5) is 26.3 Å². The fourth-order valence-corrected chi connectivity index (χ4v) is 1.09. The molecule has 0 heterocycles. The minimum atomic E-state index is -5.58. The Bertz CT molecular complexity index is 445. The summed E-state index contributed by atoms with van der Waals surface area (Å²) in [5.74, 6) is -0.673. The van der Waals surface area contributed by atoms with Crippen LogP contribution < -0.4 is 4.74 Å². The lowest BCUT2D eigenvalue weighted by Crippen LogP contribution is -2.46. The molecule has 0 aliphatic rings. The fourth-order valence-electron chi connectivity index (χ4n) is 1.09. The zero-order valence-corrected chi connectivity index (χ0v) is 8.51. The van der Waals surface area contributed by atoms with Crippen molar-refractivity contribution in [3.8, 4) is 11.8 Å². The Kier molecular flexibility index (Phi) is 3.74. The first-order valence-corrected chi connectivity index (χ1v) is 4.45. The maximum absolute atomic E-state index is 12.2. The van der Waals surface area contributed by atoms with E-state index in [0.717, 1.165) is 18.2 Å². The van der Waals surface area contributed by atoms with Gasteiger partial charge in [-0.05, 0) is 18.2 Å². The Balaban J connectivity index is 3.01. The number of hydrogen-bond donors (Lipinski definition) is 0. The van der Waals surface area contributed by atoms with Crippen molar-refractivity contribution < 1.29 is 31.1 Å². The maximum atomic E-state index is 12.2. The highest BCUT2D eigenvalue weighted by molar-refractivity contribution is 5.36. The number of nitrogens with zero attached hydrogens (tertiary/aromatic N) is 1. The molecular weight excluding hydrogens is 264 g/mol. The van der Waals surface area contributed by atoms with E-state index in [2.05, 4.69) is 4.74 Å². The molecule has 0 unspecified atom stereocenters. The van der Waals surface area contributed by atoms with Gasteiger partial charge in [-0.1, -0.05) is 6.07 Å². The average molecular weight is 269 g/mol. The Morgan fingerprint density at radius 3 is 2.06 bits per heavy atom. The van der Waals surface area contributed by atoms with Crippen molar-refractivity contribution in [3.63, 3.8) is 0 Å². The molecular formula is C10H5F6NO. The molecule has 0 aromatic heterocycles. The first kappa shape index (κ1) is 14.2. The topological polar surface area (TPSA) is 33.0 Å². The lowest BCUT2D eigenvalue weighted by atomic mass is 10.2. The Labute approximate surface area is 97.4 Å². The first-order chi connectivity index (χ1) is 8.14. The van der Waals surface area contributed by atoms with Gasteiger partial charge in [-0.3, -0.25) is 0 Å². The molecule has 0 N–H and O–H groups in total. The molecule has 0 saturated heterocycles. The van der Waals surface area contributed by atoms with Crippen molar-refractivity contribution >= 4 is 0 Å². The van der Waals surface area contributed by atoms with Gasteiger partial charge in [0, 0.05) is 0 Å². The normalized spacial score (nSPS) is 12.3. The zero-order valence-electron chi connectivity index (χ0n) is 8.51. The molecule has 0 aliphatic heterocycles. The molecule has 2 nitrogen and oxygen atoms in total. The van der Waals surface area contributed by atoms with Crippen LogP contribution in [-0.4, -0.2) is 18.5 Å². The van der Waals surface area contributed by atoms with Crippen LogP contribution in [0.25, 0.3) is 0 Å². The molecule has 0 amide bonds. The van der Waals surface area contributed by atoms with Gasteiger partial charge in [0.1, 0.15) is 5.75 Å². The number of halogens is 6. The summed E-state index contributed by atoms with van der Waals surface area (Å²) in [5.41, 5.74) is -0.101. The van der Waals surface area contributed by atoms with Crippen molar-refractivity contribution in [2.24, 2.45) is 0 Å². The van der Waals surface area contributed by atoms with Gasteiger partial charge in [-0.2, -0.15) is 31.6 Å². The fraction of sp³-hybridized carbons (Fsp3) is 0.300. The second kappa shape index (κ2) is 4.76. The summed E-state index contributed by atoms with van der Waals surface area (Å²) in [6.45, 7) is 0. The van der Waals surface area contributed by atoms with E-state index in [9.17, 15) is 26.3 Å². The summed E-state index contributed by atoms with van der Waals surface area (Å²) in [5, 5.41) is 8.47. The molecule has 1 rings (SSSR count). The molecule has 0 radical (unpaired) electrons. The molecule has 0 saturated carbocycles. The third kappa shape index (κ3) is 3.55. The quantitative estimate of drug-likeness (QED) is 0.770. The van der Waals surface area contributed by atoms with Crippen LogP contribution >= 0.6 is 0 Å². The molecule has 1 aromatic rings. The number of nitriles is 1. The van der Waals surface area contributed by atoms with E-state index in [0.29, 0.717) is 0 Å². The van der Waals surface area contributed by atoms with Gasteiger partial charge in [-0.15, -0.1) is 0 Å². The van der Waals surface area contributed by atoms with Crippen molar-refractivity contribution in [2.45, 2.75) is 18.5 Å². The van der Waals surface area contributed by atoms with Gasteiger partial charge < -0.3 is 4.74 Å². The summed E-state index contributed by atoms with van der Waals surface area (Å²) in [4.78, 5) is 0. The van der Waals surface area contributed by atoms with Crippen LogP contribution in [0.1, 0.15) is 5.56 Å². The van der Waals surface area contributed by atoms with E-state index in [-0.39, 0.29) is 5.56 Å². The predicted octanol–water partition coefficient (Wildman–Crippen LogP) is 3.43. The number of alkyl halides is 6. The van der Waals surface area contributed by atoms with Crippen LogP contribution in [0.15, 0.2) is 24.3 Å². The number of rotatable bonds is 2. The van der Waals surface area contributed by atoms with E-state index in [1.165, 1.54) is 6.07 Å². The van der Waals surface area contributed by atoms with Crippen LogP contribution in [0.2, 0.25) is 0 Å². The average Bonchev–Trinajstić information content (AvgIpc) is 2.23. The maximum Gasteiger partial charge on any atom is 0.434 e. The Morgan fingerprint density at radius 2 is 1.61 bits per heavy atom. The summed E-state index contributed by atoms with van der Waals surface area (Å²) >= 11 is 0. The second-order valence-electron chi connectivity index (χ2n) is 3.22. The molecule has 1 aromatic carbocycles. The SMILES string of the molecule is N#Cc1cccc(OC(C(F)(F)F)C(F)(F)F)c1. The van der Waals surface area contributed by atoms with Crippen molar-refractivity contribution in [1.82, 2.24) is 0 Å². The third-order valence-corrected chi connectivity index (χ3v) is 1.81. The highest BCUT2D eigenvalue weighted by Gasteiger charge is 2.59. The molecule has 0 aliphatic carbocycles. The molecule has 0 fully saturated rings. The van der Waals surface area contributed by atoms with Gasteiger partial charge in [0.05, 0.1) is 11.6 Å². The van der Waals surface area contributed by atoms with Crippen molar-refractivity contribution in [3.05, 3.63) is 29.8 Å². The van der Waals surface area contributed by atoms with Crippen LogP contribution in [0.3, 0.4) is 0 Å². The summed E-state index contributed by atoms with van der Waals surface area (Å²) in [6, 6.07) is 5.63. The van der Waals surface area contributed by atoms with E-state index < -0.39 is 24.2 Å². The Hall–Kier alpha value is -1.91. The molecule has 0 bridgehead atoms. The largest absolute Gasteiger partial charge is 0.471 e. The summed E-state index contributed by atoms with van der Waals surface area (Å²) in [7, 11) is 0. The van der Waals surface area contributed by atoms with E-state index >= 15 is 0 Å². The summed E-state index contributed by atoms with van der Waals surface area (Å²) < 4.78 is 76.9. The summed E-state index contributed by atoms with van der Waals surface area (Å²) in [6.07, 6.45) is -15.1. The molecule has 18 heavy (non-hydrogen) atoms. The van der Waals surface area contributed by atoms with E-state index in [4.69, 9.17) is 5.26 Å². The van der Waals surface area contributed by atoms with E-state index in [1.807, 2.05) is 0 Å². The monoisotopic (exact) mass is 269 g/mol. The van der Waals surface area contributed by atoms with Gasteiger partial charge in [0.25, 0.3) is 6.10 Å². The van der Waals surface area contributed by atoms with E-state index in [1.54, 1.807) is 6.07 Å². The Morgan fingerprint density at radius 1 is 1.06 bits per heavy atom. The molecule has 98 valence electrons. The number of ether oxygens (including phenoxy) is 1. The first-order valence-electron chi connectivity index (χ1n) is 4.45.